The average Bonchev–Trinajstić information content (AvgIpc) is 2.51. The summed E-state index contributed by atoms with van der Waals surface area (Å²) in [7, 11) is 1.75. The first-order valence-electron chi connectivity index (χ1n) is 6.96. The summed E-state index contributed by atoms with van der Waals surface area (Å²) in [5.74, 6) is -0.00947. The Morgan fingerprint density at radius 1 is 1.14 bits per heavy atom. The second-order valence-electron chi connectivity index (χ2n) is 5.22. The van der Waals surface area contributed by atoms with Gasteiger partial charge in [-0.2, -0.15) is 0 Å². The highest BCUT2D eigenvalue weighted by Crippen LogP contribution is 2.23. The van der Waals surface area contributed by atoms with E-state index in [4.69, 9.17) is 28.9 Å². The molecule has 0 heterocycles. The van der Waals surface area contributed by atoms with Gasteiger partial charge in [-0.1, -0.05) is 59.6 Å². The van der Waals surface area contributed by atoms with Gasteiger partial charge in [-0.3, -0.25) is 4.79 Å². The summed E-state index contributed by atoms with van der Waals surface area (Å²) >= 11 is 11.8. The fraction of sp³-hybridized carbons (Fsp3) is 0.235. The molecule has 0 fully saturated rings. The van der Waals surface area contributed by atoms with Crippen molar-refractivity contribution in [2.45, 2.75) is 12.5 Å². The maximum absolute atomic E-state index is 12.3. The molecule has 1 atom stereocenters. The highest BCUT2D eigenvalue weighted by atomic mass is 35.5. The second-order valence-corrected chi connectivity index (χ2v) is 6.03. The van der Waals surface area contributed by atoms with Crippen LogP contribution < -0.4 is 5.73 Å². The third kappa shape index (κ3) is 4.47. The monoisotopic (exact) mass is 336 g/mol. The zero-order valence-corrected chi connectivity index (χ0v) is 13.8. The first-order chi connectivity index (χ1) is 10.5. The van der Waals surface area contributed by atoms with Gasteiger partial charge in [0.05, 0.1) is 16.5 Å². The number of nitrogens with two attached hydrogens (primary N) is 1. The van der Waals surface area contributed by atoms with Gasteiger partial charge in [-0.05, 0) is 23.3 Å². The summed E-state index contributed by atoms with van der Waals surface area (Å²) in [6.07, 6.45) is 0.273. The maximum Gasteiger partial charge on any atom is 0.226 e. The molecule has 1 unspecified atom stereocenters. The van der Waals surface area contributed by atoms with Crippen LogP contribution in [0.3, 0.4) is 0 Å². The number of likely N-dealkylation sites (N-methyl/N-ethyl adjacent to an activating group) is 1. The van der Waals surface area contributed by atoms with E-state index in [9.17, 15) is 4.79 Å². The maximum atomic E-state index is 12.3. The quantitative estimate of drug-likeness (QED) is 0.904. The minimum absolute atomic E-state index is 0.00947. The Labute approximate surface area is 140 Å². The summed E-state index contributed by atoms with van der Waals surface area (Å²) in [6, 6.07) is 14.7. The van der Waals surface area contributed by atoms with Crippen molar-refractivity contribution >= 4 is 29.1 Å². The van der Waals surface area contributed by atoms with Gasteiger partial charge >= 0.3 is 0 Å². The molecule has 2 aromatic rings. The van der Waals surface area contributed by atoms with E-state index in [-0.39, 0.29) is 18.4 Å². The molecule has 0 spiro atoms. The molecule has 0 aliphatic heterocycles. The van der Waals surface area contributed by atoms with Crippen LogP contribution in [0.4, 0.5) is 0 Å². The summed E-state index contributed by atoms with van der Waals surface area (Å²) < 4.78 is 0. The van der Waals surface area contributed by atoms with Gasteiger partial charge in [0.1, 0.15) is 0 Å². The van der Waals surface area contributed by atoms with E-state index < -0.39 is 0 Å². The van der Waals surface area contributed by atoms with Crippen molar-refractivity contribution in [1.29, 1.82) is 0 Å². The average molecular weight is 337 g/mol. The van der Waals surface area contributed by atoms with Crippen molar-refractivity contribution in [3.63, 3.8) is 0 Å². The van der Waals surface area contributed by atoms with Crippen molar-refractivity contribution in [2.24, 2.45) is 5.73 Å². The van der Waals surface area contributed by atoms with Gasteiger partial charge in [0.15, 0.2) is 0 Å². The van der Waals surface area contributed by atoms with E-state index in [1.807, 2.05) is 30.3 Å². The smallest absolute Gasteiger partial charge is 0.226 e. The molecule has 0 aliphatic rings. The minimum atomic E-state index is -0.205. The standard InChI is InChI=1S/C17H18Cl2N2O/c1-21(11-16(20)13-5-3-2-4-6-13)17(22)10-12-7-8-14(18)15(19)9-12/h2-9,16H,10-11,20H2,1H3. The SMILES string of the molecule is CN(CC(N)c1ccccc1)C(=O)Cc1ccc(Cl)c(Cl)c1. The molecule has 5 heteroatoms. The topological polar surface area (TPSA) is 46.3 Å². The van der Waals surface area contributed by atoms with Crippen LogP contribution in [-0.2, 0) is 11.2 Å². The molecule has 2 aromatic carbocycles. The first-order valence-corrected chi connectivity index (χ1v) is 7.71. The number of benzene rings is 2. The Bertz CT molecular complexity index is 646. The molecular formula is C17H18Cl2N2O. The van der Waals surface area contributed by atoms with Gasteiger partial charge < -0.3 is 10.6 Å². The zero-order chi connectivity index (χ0) is 16.1. The van der Waals surface area contributed by atoms with Crippen LogP contribution in [0.5, 0.6) is 0 Å². The highest BCUT2D eigenvalue weighted by molar-refractivity contribution is 6.42. The van der Waals surface area contributed by atoms with Gasteiger partial charge in [-0.15, -0.1) is 0 Å². The molecule has 2 rings (SSSR count). The molecule has 0 bridgehead atoms. The summed E-state index contributed by atoms with van der Waals surface area (Å²) in [4.78, 5) is 13.9. The third-order valence-corrected chi connectivity index (χ3v) is 4.20. The molecule has 1 amide bonds. The normalized spacial score (nSPS) is 12.0. The number of halogens is 2. The van der Waals surface area contributed by atoms with Crippen molar-refractivity contribution in [3.05, 3.63) is 69.7 Å². The molecule has 0 saturated heterocycles. The van der Waals surface area contributed by atoms with E-state index >= 15 is 0 Å². The number of nitrogens with zero attached hydrogens (tertiary/aromatic N) is 1. The largest absolute Gasteiger partial charge is 0.344 e. The number of hydrogen-bond donors (Lipinski definition) is 1. The van der Waals surface area contributed by atoms with Gasteiger partial charge in [-0.25, -0.2) is 0 Å². The number of amides is 1. The molecule has 2 N–H and O–H groups in total. The first kappa shape index (κ1) is 16.8. The van der Waals surface area contributed by atoms with Crippen molar-refractivity contribution in [1.82, 2.24) is 4.90 Å². The predicted octanol–water partition coefficient (Wildman–Crippen LogP) is 3.69. The molecule has 0 aromatic heterocycles. The van der Waals surface area contributed by atoms with Gasteiger partial charge in [0.25, 0.3) is 0 Å². The fourth-order valence-corrected chi connectivity index (χ4v) is 2.48. The van der Waals surface area contributed by atoms with Crippen LogP contribution in [-0.4, -0.2) is 24.4 Å². The predicted molar refractivity (Wildman–Crippen MR) is 91.2 cm³/mol. The van der Waals surface area contributed by atoms with Crippen molar-refractivity contribution in [3.8, 4) is 0 Å². The highest BCUT2D eigenvalue weighted by Gasteiger charge is 2.15. The zero-order valence-electron chi connectivity index (χ0n) is 12.3. The van der Waals surface area contributed by atoms with E-state index in [0.717, 1.165) is 11.1 Å². The van der Waals surface area contributed by atoms with Crippen molar-refractivity contribution < 1.29 is 4.79 Å². The second kappa shape index (κ2) is 7.63. The summed E-state index contributed by atoms with van der Waals surface area (Å²) in [5.41, 5.74) is 7.98. The Balaban J connectivity index is 1.95. The fourth-order valence-electron chi connectivity index (χ4n) is 2.16. The molecule has 3 nitrogen and oxygen atoms in total. The molecule has 0 radical (unpaired) electrons. The van der Waals surface area contributed by atoms with Crippen LogP contribution in [0.15, 0.2) is 48.5 Å². The van der Waals surface area contributed by atoms with E-state index in [0.29, 0.717) is 16.6 Å². The minimum Gasteiger partial charge on any atom is -0.344 e. The Morgan fingerprint density at radius 3 is 2.45 bits per heavy atom. The number of rotatable bonds is 5. The van der Waals surface area contributed by atoms with Gasteiger partial charge in [0.2, 0.25) is 5.91 Å². The molecule has 0 saturated carbocycles. The number of hydrogen-bond acceptors (Lipinski definition) is 2. The van der Waals surface area contributed by atoms with E-state index in [1.165, 1.54) is 0 Å². The molecule has 116 valence electrons. The summed E-state index contributed by atoms with van der Waals surface area (Å²) in [6.45, 7) is 0.462. The molecular weight excluding hydrogens is 319 g/mol. The summed E-state index contributed by atoms with van der Waals surface area (Å²) in [5, 5.41) is 0.938. The molecule has 0 aliphatic carbocycles. The lowest BCUT2D eigenvalue weighted by Crippen LogP contribution is -2.34. The third-order valence-electron chi connectivity index (χ3n) is 3.46. The van der Waals surface area contributed by atoms with Crippen LogP contribution >= 0.6 is 23.2 Å². The van der Waals surface area contributed by atoms with Crippen LogP contribution in [0.1, 0.15) is 17.2 Å². The Morgan fingerprint density at radius 2 is 1.82 bits per heavy atom. The lowest BCUT2D eigenvalue weighted by Gasteiger charge is -2.22. The van der Waals surface area contributed by atoms with E-state index in [1.54, 1.807) is 30.1 Å². The number of carbonyl (C=O) groups is 1. The van der Waals surface area contributed by atoms with Crippen LogP contribution in [0.25, 0.3) is 0 Å². The lowest BCUT2D eigenvalue weighted by atomic mass is 10.1. The van der Waals surface area contributed by atoms with Crippen LogP contribution in [0, 0.1) is 0 Å². The Kier molecular flexibility index (Phi) is 5.83. The lowest BCUT2D eigenvalue weighted by molar-refractivity contribution is -0.129. The number of carbonyl (C=O) groups excluding carboxylic acids is 1. The van der Waals surface area contributed by atoms with Gasteiger partial charge in [0, 0.05) is 19.6 Å². The van der Waals surface area contributed by atoms with Crippen molar-refractivity contribution in [2.75, 3.05) is 13.6 Å². The van der Waals surface area contributed by atoms with Crippen LogP contribution in [0.2, 0.25) is 10.0 Å². The molecule has 22 heavy (non-hydrogen) atoms. The Hall–Kier alpha value is -1.55. The van der Waals surface area contributed by atoms with E-state index in [2.05, 4.69) is 0 Å².